The molecule has 1 aliphatic heterocycles. The lowest BCUT2D eigenvalue weighted by atomic mass is 9.93. The third-order valence-corrected chi connectivity index (χ3v) is 6.80. The zero-order valence-electron chi connectivity index (χ0n) is 22.7. The molecule has 7 nitrogen and oxygen atoms in total. The highest BCUT2D eigenvalue weighted by Crippen LogP contribution is 2.32. The summed E-state index contributed by atoms with van der Waals surface area (Å²) in [5.74, 6) is -0.843. The molecule has 2 amide bonds. The van der Waals surface area contributed by atoms with Crippen LogP contribution in [-0.4, -0.2) is 33.0 Å². The lowest BCUT2D eigenvalue weighted by Crippen LogP contribution is -2.43. The van der Waals surface area contributed by atoms with Crippen LogP contribution in [0.2, 0.25) is 0 Å². The second kappa shape index (κ2) is 11.8. The smallest absolute Gasteiger partial charge is 0.271 e. The zero-order chi connectivity index (χ0) is 28.9. The molecular formula is C33H27FN4O3. The molecule has 0 fully saturated rings. The van der Waals surface area contributed by atoms with Crippen LogP contribution in [0.5, 0.6) is 5.75 Å². The van der Waals surface area contributed by atoms with Gasteiger partial charge in [-0.2, -0.15) is 10.4 Å². The van der Waals surface area contributed by atoms with E-state index in [0.29, 0.717) is 40.1 Å². The topological polar surface area (TPSA) is 88.2 Å². The van der Waals surface area contributed by atoms with Gasteiger partial charge in [-0.15, -0.1) is 0 Å². The normalized spacial score (nSPS) is 14.5. The number of aromatic nitrogens is 2. The molecule has 0 saturated heterocycles. The van der Waals surface area contributed by atoms with Crippen molar-refractivity contribution < 1.29 is 18.7 Å². The molecule has 0 bridgehead atoms. The Labute approximate surface area is 237 Å². The van der Waals surface area contributed by atoms with Gasteiger partial charge in [-0.1, -0.05) is 55.5 Å². The molecule has 0 radical (unpaired) electrons. The van der Waals surface area contributed by atoms with E-state index < -0.39 is 11.8 Å². The summed E-state index contributed by atoms with van der Waals surface area (Å²) in [6, 6.07) is 25.2. The lowest BCUT2D eigenvalue weighted by Gasteiger charge is -2.27. The summed E-state index contributed by atoms with van der Waals surface area (Å²) in [7, 11) is 0. The van der Waals surface area contributed by atoms with E-state index in [4.69, 9.17) is 9.84 Å². The van der Waals surface area contributed by atoms with Crippen LogP contribution in [-0.2, 0) is 16.2 Å². The van der Waals surface area contributed by atoms with Crippen LogP contribution in [0.1, 0.15) is 31.4 Å². The van der Waals surface area contributed by atoms with Crippen LogP contribution < -0.4 is 4.74 Å². The highest BCUT2D eigenvalue weighted by Gasteiger charge is 2.35. The molecule has 0 saturated carbocycles. The predicted molar refractivity (Wildman–Crippen MR) is 153 cm³/mol. The van der Waals surface area contributed by atoms with Crippen LogP contribution in [0.3, 0.4) is 0 Å². The number of imide groups is 1. The van der Waals surface area contributed by atoms with E-state index >= 15 is 0 Å². The number of benzene rings is 3. The van der Waals surface area contributed by atoms with Crippen molar-refractivity contribution in [1.29, 1.82) is 5.26 Å². The molecular weight excluding hydrogens is 519 g/mol. The minimum atomic E-state index is -0.575. The molecule has 204 valence electrons. The second-order valence-corrected chi connectivity index (χ2v) is 9.55. The number of nitriles is 1. The van der Waals surface area contributed by atoms with Crippen LogP contribution >= 0.6 is 0 Å². The van der Waals surface area contributed by atoms with Gasteiger partial charge in [-0.05, 0) is 55.3 Å². The summed E-state index contributed by atoms with van der Waals surface area (Å²) < 4.78 is 21.7. The van der Waals surface area contributed by atoms with E-state index in [1.807, 2.05) is 55.5 Å². The Balaban J connectivity index is 1.60. The fourth-order valence-electron chi connectivity index (χ4n) is 4.65. The average Bonchev–Trinajstić information content (AvgIpc) is 3.42. The van der Waals surface area contributed by atoms with Crippen molar-refractivity contribution in [2.45, 2.75) is 26.9 Å². The Bertz CT molecular complexity index is 1730. The number of carbonyl (C=O) groups excluding carboxylic acids is 2. The van der Waals surface area contributed by atoms with Crippen molar-refractivity contribution in [2.24, 2.45) is 0 Å². The lowest BCUT2D eigenvalue weighted by molar-refractivity contribution is -0.140. The summed E-state index contributed by atoms with van der Waals surface area (Å²) in [6.45, 7) is 3.75. The number of carbonyl (C=O) groups is 2. The maximum Gasteiger partial charge on any atom is 0.271 e. The molecule has 5 rings (SSSR count). The second-order valence-electron chi connectivity index (χ2n) is 9.55. The number of amides is 2. The summed E-state index contributed by atoms with van der Waals surface area (Å²) in [6.07, 6.45) is 4.05. The first-order valence-corrected chi connectivity index (χ1v) is 13.2. The minimum Gasteiger partial charge on any atom is -0.489 e. The number of rotatable bonds is 8. The van der Waals surface area contributed by atoms with Crippen molar-refractivity contribution in [3.8, 4) is 28.8 Å². The Morgan fingerprint density at radius 1 is 1.00 bits per heavy atom. The van der Waals surface area contributed by atoms with Gasteiger partial charge in [0.15, 0.2) is 0 Å². The third-order valence-electron chi connectivity index (χ3n) is 6.80. The molecule has 41 heavy (non-hydrogen) atoms. The Morgan fingerprint density at radius 2 is 1.76 bits per heavy atom. The van der Waals surface area contributed by atoms with Gasteiger partial charge in [-0.25, -0.2) is 9.07 Å². The van der Waals surface area contributed by atoms with Gasteiger partial charge in [0.1, 0.15) is 35.5 Å². The Kier molecular flexibility index (Phi) is 7.88. The molecule has 0 aliphatic carbocycles. The summed E-state index contributed by atoms with van der Waals surface area (Å²) in [4.78, 5) is 27.4. The zero-order valence-corrected chi connectivity index (χ0v) is 22.7. The first kappa shape index (κ1) is 27.3. The third kappa shape index (κ3) is 5.56. The number of hydrogen-bond acceptors (Lipinski definition) is 5. The van der Waals surface area contributed by atoms with Crippen LogP contribution in [0, 0.1) is 17.1 Å². The number of nitrogens with zero attached hydrogens (tertiary/aromatic N) is 4. The first-order chi connectivity index (χ1) is 19.9. The molecule has 4 aromatic rings. The summed E-state index contributed by atoms with van der Waals surface area (Å²) in [5, 5.41) is 14.5. The van der Waals surface area contributed by atoms with Gasteiger partial charge in [0.05, 0.1) is 5.69 Å². The molecule has 0 spiro atoms. The van der Waals surface area contributed by atoms with Crippen LogP contribution in [0.4, 0.5) is 4.39 Å². The van der Waals surface area contributed by atoms with E-state index in [9.17, 15) is 19.2 Å². The van der Waals surface area contributed by atoms with Crippen LogP contribution in [0.25, 0.3) is 23.0 Å². The molecule has 8 heteroatoms. The van der Waals surface area contributed by atoms with Gasteiger partial charge in [0.25, 0.3) is 11.8 Å². The summed E-state index contributed by atoms with van der Waals surface area (Å²) >= 11 is 0. The monoisotopic (exact) mass is 546 g/mol. The van der Waals surface area contributed by atoms with Gasteiger partial charge >= 0.3 is 0 Å². The first-order valence-electron chi connectivity index (χ1n) is 13.2. The number of halogens is 1. The van der Waals surface area contributed by atoms with E-state index in [2.05, 4.69) is 0 Å². The van der Waals surface area contributed by atoms with Crippen molar-refractivity contribution >= 4 is 17.9 Å². The maximum atomic E-state index is 14.1. The standard InChI is InChI=1S/C33H27FN4O3/c1-3-16-37-32(39)28(22(2)29(19-35)33(37)40)18-25-20-38(26-12-5-4-6-13-26)36-31(25)23-11-9-14-27(17-23)41-21-24-10-7-8-15-30(24)34/h4-15,17-18,20H,3,16,21H2,1-2H3/b28-18+. The highest BCUT2D eigenvalue weighted by molar-refractivity contribution is 6.19. The molecule has 0 unspecified atom stereocenters. The molecule has 3 aromatic carbocycles. The van der Waals surface area contributed by atoms with E-state index in [-0.39, 0.29) is 30.1 Å². The molecule has 1 aliphatic rings. The van der Waals surface area contributed by atoms with Crippen molar-refractivity contribution in [3.05, 3.63) is 119 Å². The van der Waals surface area contributed by atoms with Crippen molar-refractivity contribution in [1.82, 2.24) is 14.7 Å². The fraction of sp³-hybridized carbons (Fsp3) is 0.152. The van der Waals surface area contributed by atoms with Gasteiger partial charge in [-0.3, -0.25) is 14.5 Å². The average molecular weight is 547 g/mol. The van der Waals surface area contributed by atoms with Gasteiger partial charge in [0.2, 0.25) is 0 Å². The SMILES string of the molecule is CCCN1C(=O)C(C#N)=C(C)/C(=C\c2cn(-c3ccccc3)nc2-c2cccc(OCc3ccccc3F)c2)C1=O. The fourth-order valence-corrected chi connectivity index (χ4v) is 4.65. The van der Waals surface area contributed by atoms with Crippen molar-refractivity contribution in [2.75, 3.05) is 6.54 Å². The Hall–Kier alpha value is -5.29. The molecule has 2 heterocycles. The quantitative estimate of drug-likeness (QED) is 0.192. The van der Waals surface area contributed by atoms with Crippen LogP contribution in [0.15, 0.2) is 102 Å². The molecule has 0 N–H and O–H groups in total. The van der Waals surface area contributed by atoms with Crippen molar-refractivity contribution in [3.63, 3.8) is 0 Å². The van der Waals surface area contributed by atoms with Gasteiger partial charge < -0.3 is 4.74 Å². The van der Waals surface area contributed by atoms with Gasteiger partial charge in [0, 0.05) is 35.0 Å². The number of para-hydroxylation sites is 1. The largest absolute Gasteiger partial charge is 0.489 e. The predicted octanol–water partition coefficient (Wildman–Crippen LogP) is 6.26. The maximum absolute atomic E-state index is 14.1. The molecule has 1 aromatic heterocycles. The van der Waals surface area contributed by atoms with E-state index in [1.54, 1.807) is 54.2 Å². The van der Waals surface area contributed by atoms with E-state index in [1.165, 1.54) is 6.07 Å². The number of ether oxygens (including phenoxy) is 1. The minimum absolute atomic E-state index is 0.0511. The highest BCUT2D eigenvalue weighted by atomic mass is 19.1. The number of hydrogen-bond donors (Lipinski definition) is 0. The molecule has 0 atom stereocenters. The summed E-state index contributed by atoms with van der Waals surface area (Å²) in [5.41, 5.74) is 3.68. The van der Waals surface area contributed by atoms with E-state index in [0.717, 1.165) is 10.6 Å². The Morgan fingerprint density at radius 3 is 2.49 bits per heavy atom.